The van der Waals surface area contributed by atoms with E-state index in [0.29, 0.717) is 6.04 Å². The number of nitrogens with two attached hydrogens (primary N) is 1. The van der Waals surface area contributed by atoms with Crippen LogP contribution in [0.2, 0.25) is 0 Å². The number of aryl methyl sites for hydroxylation is 1. The number of nitrogens with zero attached hydrogens (tertiary/aromatic N) is 1. The minimum Gasteiger partial charge on any atom is -0.328 e. The van der Waals surface area contributed by atoms with Crippen LogP contribution < -0.4 is 5.73 Å². The molecule has 0 bridgehead atoms. The van der Waals surface area contributed by atoms with Gasteiger partial charge in [-0.2, -0.15) is 0 Å². The fourth-order valence-electron chi connectivity index (χ4n) is 2.10. The van der Waals surface area contributed by atoms with Gasteiger partial charge in [-0.25, -0.2) is 0 Å². The number of halogens is 1. The quantitative estimate of drug-likeness (QED) is 0.904. The van der Waals surface area contributed by atoms with Gasteiger partial charge in [0, 0.05) is 17.1 Å². The second-order valence-electron chi connectivity index (χ2n) is 4.70. The first-order valence-corrected chi connectivity index (χ1v) is 6.67. The molecule has 0 spiro atoms. The Balaban J connectivity index is 1.96. The first kappa shape index (κ1) is 12.1. The molecule has 2 rings (SSSR count). The molecule has 1 aromatic carbocycles. The number of hydrogen-bond acceptors (Lipinski definition) is 2. The summed E-state index contributed by atoms with van der Waals surface area (Å²) in [5.74, 6) is 0. The van der Waals surface area contributed by atoms with Crippen molar-refractivity contribution in [3.63, 3.8) is 0 Å². The molecule has 0 radical (unpaired) electrons. The maximum atomic E-state index is 5.90. The van der Waals surface area contributed by atoms with Crippen molar-refractivity contribution < 1.29 is 0 Å². The number of rotatable bonds is 2. The lowest BCUT2D eigenvalue weighted by Crippen LogP contribution is -2.39. The Bertz CT molecular complexity index is 357. The first-order chi connectivity index (χ1) is 7.65. The van der Waals surface area contributed by atoms with Crippen LogP contribution in [0, 0.1) is 6.92 Å². The van der Waals surface area contributed by atoms with Gasteiger partial charge in [0.05, 0.1) is 0 Å². The molecule has 1 aliphatic heterocycles. The molecule has 88 valence electrons. The average Bonchev–Trinajstić information content (AvgIpc) is 2.27. The van der Waals surface area contributed by atoms with E-state index < -0.39 is 0 Å². The summed E-state index contributed by atoms with van der Waals surface area (Å²) in [6, 6.07) is 7.04. The van der Waals surface area contributed by atoms with Crippen LogP contribution >= 0.6 is 15.9 Å². The summed E-state index contributed by atoms with van der Waals surface area (Å²) in [4.78, 5) is 2.49. The fourth-order valence-corrected chi connectivity index (χ4v) is 2.53. The van der Waals surface area contributed by atoms with Crippen molar-refractivity contribution in [2.24, 2.45) is 5.73 Å². The molecule has 1 saturated heterocycles. The van der Waals surface area contributed by atoms with Gasteiger partial charge in [-0.3, -0.25) is 4.90 Å². The third-order valence-corrected chi connectivity index (χ3v) is 4.13. The Hall–Kier alpha value is -0.380. The minimum atomic E-state index is 0.418. The van der Waals surface area contributed by atoms with Crippen LogP contribution in [0.5, 0.6) is 0 Å². The molecule has 0 atom stereocenters. The smallest absolute Gasteiger partial charge is 0.0234 e. The number of hydrogen-bond donors (Lipinski definition) is 1. The zero-order chi connectivity index (χ0) is 11.5. The van der Waals surface area contributed by atoms with E-state index in [1.54, 1.807) is 0 Å². The molecule has 1 heterocycles. The monoisotopic (exact) mass is 282 g/mol. The molecule has 0 aromatic heterocycles. The molecule has 3 heteroatoms. The summed E-state index contributed by atoms with van der Waals surface area (Å²) < 4.78 is 1.21. The van der Waals surface area contributed by atoms with E-state index in [1.807, 2.05) is 0 Å². The second kappa shape index (κ2) is 5.30. The normalized spacial score (nSPS) is 18.9. The lowest BCUT2D eigenvalue weighted by molar-refractivity contribution is 0.205. The van der Waals surface area contributed by atoms with Crippen molar-refractivity contribution in [1.29, 1.82) is 0 Å². The van der Waals surface area contributed by atoms with Gasteiger partial charge in [0.1, 0.15) is 0 Å². The Morgan fingerprint density at radius 2 is 2.06 bits per heavy atom. The van der Waals surface area contributed by atoms with Crippen molar-refractivity contribution >= 4 is 15.9 Å². The molecule has 1 fully saturated rings. The van der Waals surface area contributed by atoms with E-state index in [9.17, 15) is 0 Å². The van der Waals surface area contributed by atoms with Crippen LogP contribution in [-0.2, 0) is 6.54 Å². The predicted octanol–water partition coefficient (Wildman–Crippen LogP) is 2.68. The Morgan fingerprint density at radius 1 is 1.38 bits per heavy atom. The third-order valence-electron chi connectivity index (χ3n) is 3.27. The van der Waals surface area contributed by atoms with Crippen molar-refractivity contribution in [3.05, 3.63) is 33.8 Å². The van der Waals surface area contributed by atoms with Crippen molar-refractivity contribution in [1.82, 2.24) is 4.90 Å². The van der Waals surface area contributed by atoms with Crippen molar-refractivity contribution in [2.45, 2.75) is 32.4 Å². The molecule has 16 heavy (non-hydrogen) atoms. The molecular weight excluding hydrogens is 264 g/mol. The lowest BCUT2D eigenvalue weighted by Gasteiger charge is -2.30. The number of piperidine rings is 1. The Labute approximate surface area is 106 Å². The standard InChI is InChI=1S/C13H19BrN2/c1-10-2-3-11(8-13(10)14)9-16-6-4-12(15)5-7-16/h2-3,8,12H,4-7,9,15H2,1H3. The van der Waals surface area contributed by atoms with Gasteiger partial charge in [-0.15, -0.1) is 0 Å². The highest BCUT2D eigenvalue weighted by Crippen LogP contribution is 2.19. The molecule has 2 N–H and O–H groups in total. The second-order valence-corrected chi connectivity index (χ2v) is 5.55. The van der Waals surface area contributed by atoms with E-state index in [4.69, 9.17) is 5.73 Å². The number of likely N-dealkylation sites (tertiary alicyclic amines) is 1. The van der Waals surface area contributed by atoms with E-state index >= 15 is 0 Å². The van der Waals surface area contributed by atoms with Crippen LogP contribution in [-0.4, -0.2) is 24.0 Å². The molecule has 2 nitrogen and oxygen atoms in total. The van der Waals surface area contributed by atoms with Crippen molar-refractivity contribution in [3.8, 4) is 0 Å². The Kier molecular flexibility index (Phi) is 4.00. The maximum Gasteiger partial charge on any atom is 0.0234 e. The van der Waals surface area contributed by atoms with E-state index in [2.05, 4.69) is 46.0 Å². The summed E-state index contributed by atoms with van der Waals surface area (Å²) >= 11 is 3.58. The number of benzene rings is 1. The molecular formula is C13H19BrN2. The highest BCUT2D eigenvalue weighted by atomic mass is 79.9. The zero-order valence-corrected chi connectivity index (χ0v) is 11.3. The van der Waals surface area contributed by atoms with Gasteiger partial charge < -0.3 is 5.73 Å². The molecule has 0 amide bonds. The molecule has 0 unspecified atom stereocenters. The van der Waals surface area contributed by atoms with Crippen LogP contribution in [0.4, 0.5) is 0 Å². The summed E-state index contributed by atoms with van der Waals surface area (Å²) in [5.41, 5.74) is 8.58. The minimum absolute atomic E-state index is 0.418. The van der Waals surface area contributed by atoms with Crippen LogP contribution in [0.3, 0.4) is 0 Å². The SMILES string of the molecule is Cc1ccc(CN2CCC(N)CC2)cc1Br. The topological polar surface area (TPSA) is 29.3 Å². The fraction of sp³-hybridized carbons (Fsp3) is 0.538. The predicted molar refractivity (Wildman–Crippen MR) is 71.4 cm³/mol. The van der Waals surface area contributed by atoms with Gasteiger partial charge in [0.2, 0.25) is 0 Å². The first-order valence-electron chi connectivity index (χ1n) is 5.88. The highest BCUT2D eigenvalue weighted by Gasteiger charge is 2.15. The van der Waals surface area contributed by atoms with Crippen LogP contribution in [0.25, 0.3) is 0 Å². The molecule has 1 aliphatic rings. The van der Waals surface area contributed by atoms with Gasteiger partial charge in [-0.1, -0.05) is 28.1 Å². The Morgan fingerprint density at radius 3 is 2.69 bits per heavy atom. The van der Waals surface area contributed by atoms with Gasteiger partial charge >= 0.3 is 0 Å². The largest absolute Gasteiger partial charge is 0.328 e. The molecule has 1 aromatic rings. The van der Waals surface area contributed by atoms with E-state index in [1.165, 1.54) is 15.6 Å². The lowest BCUT2D eigenvalue weighted by atomic mass is 10.1. The van der Waals surface area contributed by atoms with E-state index in [0.717, 1.165) is 32.5 Å². The van der Waals surface area contributed by atoms with Crippen LogP contribution in [0.1, 0.15) is 24.0 Å². The summed E-state index contributed by atoms with van der Waals surface area (Å²) in [5, 5.41) is 0. The van der Waals surface area contributed by atoms with Crippen molar-refractivity contribution in [2.75, 3.05) is 13.1 Å². The van der Waals surface area contributed by atoms with E-state index in [-0.39, 0.29) is 0 Å². The zero-order valence-electron chi connectivity index (χ0n) is 9.75. The van der Waals surface area contributed by atoms with Gasteiger partial charge in [0.25, 0.3) is 0 Å². The van der Waals surface area contributed by atoms with Gasteiger partial charge in [-0.05, 0) is 50.0 Å². The van der Waals surface area contributed by atoms with Crippen LogP contribution in [0.15, 0.2) is 22.7 Å². The summed E-state index contributed by atoms with van der Waals surface area (Å²) in [6.45, 7) is 5.43. The third kappa shape index (κ3) is 3.06. The average molecular weight is 283 g/mol. The highest BCUT2D eigenvalue weighted by molar-refractivity contribution is 9.10. The summed E-state index contributed by atoms with van der Waals surface area (Å²) in [7, 11) is 0. The van der Waals surface area contributed by atoms with Gasteiger partial charge in [0.15, 0.2) is 0 Å². The molecule has 0 saturated carbocycles. The summed E-state index contributed by atoms with van der Waals surface area (Å²) in [6.07, 6.45) is 2.26. The maximum absolute atomic E-state index is 5.90. The molecule has 0 aliphatic carbocycles.